The molecule has 0 heterocycles. The molecule has 1 N–H and O–H groups in total. The minimum atomic E-state index is -0.0739. The fourth-order valence-corrected chi connectivity index (χ4v) is 0.965. The molecule has 0 unspecified atom stereocenters. The molecule has 62 valence electrons. The van der Waals surface area contributed by atoms with Crippen molar-refractivity contribution in [2.45, 2.75) is 13.3 Å². The quantitative estimate of drug-likeness (QED) is 0.618. The minimum absolute atomic E-state index is 0.0739. The lowest BCUT2D eigenvalue weighted by atomic mass is 10.1. The van der Waals surface area contributed by atoms with Gasteiger partial charge in [0.05, 0.1) is 0 Å². The number of hydrogen-bond acceptors (Lipinski definition) is 1. The number of hydrogen-bond donors (Lipinski definition) is 1. The van der Waals surface area contributed by atoms with E-state index in [1.165, 1.54) is 5.56 Å². The number of aryl methyl sites for hydroxylation is 1. The van der Waals surface area contributed by atoms with E-state index in [4.69, 9.17) is 5.11 Å². The van der Waals surface area contributed by atoms with Crippen molar-refractivity contribution in [1.82, 2.24) is 0 Å². The number of rotatable bonds is 1. The normalized spacial score (nSPS) is 8.83. The van der Waals surface area contributed by atoms with Gasteiger partial charge in [0, 0.05) is 5.56 Å². The number of aliphatic hydroxyl groups excluding tert-OH is 1. The van der Waals surface area contributed by atoms with Crippen LogP contribution in [0.25, 0.3) is 0 Å². The van der Waals surface area contributed by atoms with E-state index in [9.17, 15) is 0 Å². The highest BCUT2D eigenvalue weighted by Crippen LogP contribution is 2.03. The van der Waals surface area contributed by atoms with Gasteiger partial charge in [0.15, 0.2) is 0 Å². The van der Waals surface area contributed by atoms with Crippen LogP contribution in [-0.4, -0.2) is 11.7 Å². The van der Waals surface area contributed by atoms with Crippen LogP contribution in [0, 0.1) is 11.8 Å². The Morgan fingerprint density at radius 1 is 1.25 bits per heavy atom. The van der Waals surface area contributed by atoms with Crippen LogP contribution in [0.4, 0.5) is 0 Å². The third-order valence-electron chi connectivity index (χ3n) is 1.67. The monoisotopic (exact) mass is 160 g/mol. The molecule has 1 nitrogen and oxygen atoms in total. The standard InChI is InChI=1S/C11H12O/c1-2-10-5-7-11(8-6-10)4-3-9-12/h5-8,12H,2,9H2,1H3. The van der Waals surface area contributed by atoms with Gasteiger partial charge in [0.2, 0.25) is 0 Å². The molecule has 0 fully saturated rings. The molecule has 0 aliphatic rings. The van der Waals surface area contributed by atoms with Crippen LogP contribution in [-0.2, 0) is 6.42 Å². The highest BCUT2D eigenvalue weighted by molar-refractivity contribution is 5.36. The van der Waals surface area contributed by atoms with Gasteiger partial charge in [0.1, 0.15) is 6.61 Å². The lowest BCUT2D eigenvalue weighted by Gasteiger charge is -1.94. The molecule has 0 aromatic heterocycles. The SMILES string of the molecule is CCc1ccc(C#CCO)cc1. The van der Waals surface area contributed by atoms with Crippen molar-refractivity contribution < 1.29 is 5.11 Å². The Balaban J connectivity index is 2.78. The molecule has 0 bridgehead atoms. The van der Waals surface area contributed by atoms with Crippen LogP contribution in [0.2, 0.25) is 0 Å². The molecule has 12 heavy (non-hydrogen) atoms. The van der Waals surface area contributed by atoms with Gasteiger partial charge < -0.3 is 5.11 Å². The molecular weight excluding hydrogens is 148 g/mol. The van der Waals surface area contributed by atoms with Crippen molar-refractivity contribution in [2.75, 3.05) is 6.61 Å². The van der Waals surface area contributed by atoms with Gasteiger partial charge >= 0.3 is 0 Å². The summed E-state index contributed by atoms with van der Waals surface area (Å²) in [5.74, 6) is 5.45. The molecule has 1 heteroatoms. The first-order valence-corrected chi connectivity index (χ1v) is 4.05. The van der Waals surface area contributed by atoms with Crippen LogP contribution in [0.3, 0.4) is 0 Å². The van der Waals surface area contributed by atoms with Crippen molar-refractivity contribution in [2.24, 2.45) is 0 Å². The molecule has 0 aliphatic heterocycles. The van der Waals surface area contributed by atoms with E-state index in [0.717, 1.165) is 12.0 Å². The zero-order chi connectivity index (χ0) is 8.81. The van der Waals surface area contributed by atoms with E-state index in [-0.39, 0.29) is 6.61 Å². The largest absolute Gasteiger partial charge is 0.384 e. The number of aliphatic hydroxyl groups is 1. The first kappa shape index (κ1) is 8.83. The van der Waals surface area contributed by atoms with E-state index < -0.39 is 0 Å². The molecule has 0 saturated heterocycles. The second kappa shape index (κ2) is 4.58. The maximum Gasteiger partial charge on any atom is 0.104 e. The average Bonchev–Trinajstić information content (AvgIpc) is 2.15. The third-order valence-corrected chi connectivity index (χ3v) is 1.67. The molecule has 0 atom stereocenters. The van der Waals surface area contributed by atoms with Gasteiger partial charge in [-0.3, -0.25) is 0 Å². The van der Waals surface area contributed by atoms with E-state index >= 15 is 0 Å². The molecule has 0 spiro atoms. The topological polar surface area (TPSA) is 20.2 Å². The van der Waals surface area contributed by atoms with Crippen molar-refractivity contribution >= 4 is 0 Å². The summed E-state index contributed by atoms with van der Waals surface area (Å²) >= 11 is 0. The fraction of sp³-hybridized carbons (Fsp3) is 0.273. The summed E-state index contributed by atoms with van der Waals surface area (Å²) in [6.45, 7) is 2.05. The Kier molecular flexibility index (Phi) is 3.37. The van der Waals surface area contributed by atoms with Crippen LogP contribution in [0.1, 0.15) is 18.1 Å². The molecule has 1 aromatic carbocycles. The van der Waals surface area contributed by atoms with Crippen LogP contribution >= 0.6 is 0 Å². The Bertz CT molecular complexity index is 287. The number of benzene rings is 1. The van der Waals surface area contributed by atoms with Crippen LogP contribution < -0.4 is 0 Å². The highest BCUT2D eigenvalue weighted by atomic mass is 16.2. The summed E-state index contributed by atoms with van der Waals surface area (Å²) in [6, 6.07) is 8.06. The second-order valence-electron chi connectivity index (χ2n) is 2.51. The smallest absolute Gasteiger partial charge is 0.104 e. The average molecular weight is 160 g/mol. The Labute approximate surface area is 73.0 Å². The summed E-state index contributed by atoms with van der Waals surface area (Å²) in [4.78, 5) is 0. The first-order valence-electron chi connectivity index (χ1n) is 4.05. The molecule has 0 amide bonds. The van der Waals surface area contributed by atoms with Crippen molar-refractivity contribution in [3.63, 3.8) is 0 Å². The molecule has 1 aromatic rings. The van der Waals surface area contributed by atoms with Gasteiger partial charge in [-0.1, -0.05) is 30.9 Å². The predicted molar refractivity (Wildman–Crippen MR) is 49.8 cm³/mol. The predicted octanol–water partition coefficient (Wildman–Crippen LogP) is 1.59. The van der Waals surface area contributed by atoms with E-state index in [1.54, 1.807) is 0 Å². The Morgan fingerprint density at radius 2 is 1.92 bits per heavy atom. The fourth-order valence-electron chi connectivity index (χ4n) is 0.965. The second-order valence-corrected chi connectivity index (χ2v) is 2.51. The summed E-state index contributed by atoms with van der Waals surface area (Å²) in [7, 11) is 0. The van der Waals surface area contributed by atoms with Gasteiger partial charge in [-0.25, -0.2) is 0 Å². The van der Waals surface area contributed by atoms with Crippen molar-refractivity contribution in [3.05, 3.63) is 35.4 Å². The first-order chi connectivity index (χ1) is 5.86. The van der Waals surface area contributed by atoms with E-state index in [0.29, 0.717) is 0 Å². The maximum atomic E-state index is 8.45. The molecule has 0 saturated carbocycles. The van der Waals surface area contributed by atoms with Gasteiger partial charge in [-0.05, 0) is 24.1 Å². The van der Waals surface area contributed by atoms with Crippen LogP contribution in [0.15, 0.2) is 24.3 Å². The van der Waals surface area contributed by atoms with Crippen molar-refractivity contribution in [3.8, 4) is 11.8 Å². The highest BCUT2D eigenvalue weighted by Gasteiger charge is 1.87. The Morgan fingerprint density at radius 3 is 2.42 bits per heavy atom. The maximum absolute atomic E-state index is 8.45. The summed E-state index contributed by atoms with van der Waals surface area (Å²) in [6.07, 6.45) is 1.05. The third kappa shape index (κ3) is 2.41. The minimum Gasteiger partial charge on any atom is -0.384 e. The zero-order valence-electron chi connectivity index (χ0n) is 7.17. The van der Waals surface area contributed by atoms with Crippen LogP contribution in [0.5, 0.6) is 0 Å². The lowest BCUT2D eigenvalue weighted by Crippen LogP contribution is -1.80. The van der Waals surface area contributed by atoms with Gasteiger partial charge in [0.25, 0.3) is 0 Å². The summed E-state index contributed by atoms with van der Waals surface area (Å²) < 4.78 is 0. The van der Waals surface area contributed by atoms with Gasteiger partial charge in [-0.2, -0.15) is 0 Å². The summed E-state index contributed by atoms with van der Waals surface area (Å²) in [5, 5.41) is 8.45. The Hall–Kier alpha value is -1.26. The molecular formula is C11H12O. The van der Waals surface area contributed by atoms with Crippen molar-refractivity contribution in [1.29, 1.82) is 0 Å². The van der Waals surface area contributed by atoms with Gasteiger partial charge in [-0.15, -0.1) is 0 Å². The molecule has 1 rings (SSSR count). The van der Waals surface area contributed by atoms with E-state index in [1.807, 2.05) is 12.1 Å². The molecule has 0 radical (unpaired) electrons. The molecule has 0 aliphatic carbocycles. The summed E-state index contributed by atoms with van der Waals surface area (Å²) in [5.41, 5.74) is 2.27. The zero-order valence-corrected chi connectivity index (χ0v) is 7.17. The van der Waals surface area contributed by atoms with E-state index in [2.05, 4.69) is 30.9 Å². The lowest BCUT2D eigenvalue weighted by molar-refractivity contribution is 0.350.